The fraction of sp³-hybridized carbons (Fsp3) is 0.111. The molecular formula is C18H14F2O2S. The third-order valence-electron chi connectivity index (χ3n) is 3.73. The number of halogens is 2. The van der Waals surface area contributed by atoms with Gasteiger partial charge >= 0.3 is 0 Å². The number of rotatable bonds is 3. The molecule has 0 bridgehead atoms. The summed E-state index contributed by atoms with van der Waals surface area (Å²) < 4.78 is 51.5. The summed E-state index contributed by atoms with van der Waals surface area (Å²) in [7, 11) is -3.81. The van der Waals surface area contributed by atoms with E-state index in [4.69, 9.17) is 0 Å². The molecule has 0 spiro atoms. The van der Waals surface area contributed by atoms with Crippen LogP contribution in [0.4, 0.5) is 8.78 Å². The highest BCUT2D eigenvalue weighted by Gasteiger charge is 2.22. The van der Waals surface area contributed by atoms with Crippen molar-refractivity contribution >= 4 is 21.0 Å². The molecule has 1 aliphatic rings. The van der Waals surface area contributed by atoms with Crippen molar-refractivity contribution in [1.82, 2.24) is 0 Å². The van der Waals surface area contributed by atoms with E-state index in [1.165, 1.54) is 0 Å². The second kappa shape index (κ2) is 5.74. The van der Waals surface area contributed by atoms with Gasteiger partial charge in [0.1, 0.15) is 16.5 Å². The van der Waals surface area contributed by atoms with Crippen molar-refractivity contribution in [2.75, 3.05) is 6.26 Å². The molecule has 2 aromatic carbocycles. The molecule has 0 aliphatic heterocycles. The van der Waals surface area contributed by atoms with E-state index in [-0.39, 0.29) is 5.56 Å². The first-order valence-electron chi connectivity index (χ1n) is 7.03. The molecule has 0 atom stereocenters. The molecule has 0 heterocycles. The molecule has 0 aromatic heterocycles. The van der Waals surface area contributed by atoms with Crippen molar-refractivity contribution in [1.29, 1.82) is 0 Å². The molecule has 0 radical (unpaired) electrons. The largest absolute Gasteiger partial charge is 0.224 e. The molecule has 118 valence electrons. The summed E-state index contributed by atoms with van der Waals surface area (Å²) in [4.78, 5) is -0.623. The van der Waals surface area contributed by atoms with E-state index < -0.39 is 26.4 Å². The lowest BCUT2D eigenvalue weighted by Gasteiger charge is -2.12. The number of allylic oxidation sites excluding steroid dienone is 4. The highest BCUT2D eigenvalue weighted by molar-refractivity contribution is 7.90. The molecule has 2 nitrogen and oxygen atoms in total. The van der Waals surface area contributed by atoms with Crippen LogP contribution in [-0.4, -0.2) is 14.7 Å². The Hall–Kier alpha value is -2.27. The molecule has 23 heavy (non-hydrogen) atoms. The van der Waals surface area contributed by atoms with Crippen LogP contribution in [0, 0.1) is 11.6 Å². The van der Waals surface area contributed by atoms with Crippen LogP contribution in [0.2, 0.25) is 0 Å². The molecule has 2 aromatic rings. The molecule has 3 rings (SSSR count). The second-order valence-electron chi connectivity index (χ2n) is 5.37. The Morgan fingerprint density at radius 3 is 2.22 bits per heavy atom. The monoisotopic (exact) mass is 332 g/mol. The maximum absolute atomic E-state index is 14.4. The third kappa shape index (κ3) is 2.97. The molecule has 0 N–H and O–H groups in total. The number of sulfone groups is 1. The lowest BCUT2D eigenvalue weighted by atomic mass is 9.94. The highest BCUT2D eigenvalue weighted by atomic mass is 32.2. The summed E-state index contributed by atoms with van der Waals surface area (Å²) in [6, 6.07) is 11.1. The molecule has 0 amide bonds. The lowest BCUT2D eigenvalue weighted by Crippen LogP contribution is -2.04. The predicted molar refractivity (Wildman–Crippen MR) is 86.5 cm³/mol. The van der Waals surface area contributed by atoms with Gasteiger partial charge < -0.3 is 0 Å². The Morgan fingerprint density at radius 2 is 1.57 bits per heavy atom. The van der Waals surface area contributed by atoms with Crippen molar-refractivity contribution in [3.8, 4) is 0 Å². The fourth-order valence-electron chi connectivity index (χ4n) is 2.68. The van der Waals surface area contributed by atoms with Gasteiger partial charge in [0.25, 0.3) is 0 Å². The van der Waals surface area contributed by atoms with Crippen LogP contribution >= 0.6 is 0 Å². The Kier molecular flexibility index (Phi) is 3.90. The van der Waals surface area contributed by atoms with E-state index in [1.807, 2.05) is 36.4 Å². The number of hydrogen-bond acceptors (Lipinski definition) is 2. The van der Waals surface area contributed by atoms with Gasteiger partial charge in [0.15, 0.2) is 9.84 Å². The van der Waals surface area contributed by atoms with Crippen LogP contribution in [0.25, 0.3) is 11.1 Å². The zero-order chi connectivity index (χ0) is 16.6. The van der Waals surface area contributed by atoms with Gasteiger partial charge in [-0.25, -0.2) is 17.2 Å². The van der Waals surface area contributed by atoms with Crippen molar-refractivity contribution < 1.29 is 17.2 Å². The molecule has 0 saturated heterocycles. The van der Waals surface area contributed by atoms with E-state index in [2.05, 4.69) is 0 Å². The van der Waals surface area contributed by atoms with Gasteiger partial charge in [-0.3, -0.25) is 0 Å². The molecule has 5 heteroatoms. The topological polar surface area (TPSA) is 34.1 Å². The second-order valence-corrected chi connectivity index (χ2v) is 7.36. The molecule has 0 unspecified atom stereocenters. The fourth-order valence-corrected chi connectivity index (χ4v) is 3.41. The summed E-state index contributed by atoms with van der Waals surface area (Å²) in [6.45, 7) is 0. The first-order valence-corrected chi connectivity index (χ1v) is 8.92. The molecule has 0 fully saturated rings. The lowest BCUT2D eigenvalue weighted by molar-refractivity contribution is 0.554. The van der Waals surface area contributed by atoms with Crippen LogP contribution in [0.1, 0.15) is 17.5 Å². The average molecular weight is 332 g/mol. The van der Waals surface area contributed by atoms with Crippen LogP contribution in [-0.2, 0) is 9.84 Å². The maximum Gasteiger partial charge on any atom is 0.178 e. The summed E-state index contributed by atoms with van der Waals surface area (Å²) >= 11 is 0. The minimum Gasteiger partial charge on any atom is -0.224 e. The molecular weight excluding hydrogens is 318 g/mol. The third-order valence-corrected chi connectivity index (χ3v) is 4.84. The Labute approximate surface area is 133 Å². The Morgan fingerprint density at radius 1 is 0.913 bits per heavy atom. The van der Waals surface area contributed by atoms with Crippen LogP contribution in [0.5, 0.6) is 0 Å². The van der Waals surface area contributed by atoms with Crippen LogP contribution < -0.4 is 0 Å². The summed E-state index contributed by atoms with van der Waals surface area (Å²) in [5, 5.41) is 0. The zero-order valence-electron chi connectivity index (χ0n) is 12.4. The van der Waals surface area contributed by atoms with Gasteiger partial charge in [0, 0.05) is 11.8 Å². The van der Waals surface area contributed by atoms with E-state index in [9.17, 15) is 17.2 Å². The Bertz CT molecular complexity index is 927. The SMILES string of the molecule is CS(=O)(=O)c1cc(F)c(C2=CCC=C2c2ccccc2)cc1F. The van der Waals surface area contributed by atoms with Gasteiger partial charge in [0.2, 0.25) is 0 Å². The molecule has 1 aliphatic carbocycles. The average Bonchev–Trinajstić information content (AvgIpc) is 2.98. The first-order chi connectivity index (χ1) is 10.9. The van der Waals surface area contributed by atoms with Crippen LogP contribution in [0.15, 0.2) is 59.5 Å². The van der Waals surface area contributed by atoms with E-state index in [0.717, 1.165) is 29.5 Å². The van der Waals surface area contributed by atoms with Gasteiger partial charge in [0.05, 0.1) is 0 Å². The zero-order valence-corrected chi connectivity index (χ0v) is 13.2. The summed E-state index contributed by atoms with van der Waals surface area (Å²) in [5.41, 5.74) is 2.37. The van der Waals surface area contributed by atoms with E-state index in [0.29, 0.717) is 12.0 Å². The molecule has 0 saturated carbocycles. The minimum atomic E-state index is -3.81. The van der Waals surface area contributed by atoms with Gasteiger partial charge in [-0.05, 0) is 35.3 Å². The maximum atomic E-state index is 14.4. The predicted octanol–water partition coefficient (Wildman–Crippen LogP) is 4.24. The highest BCUT2D eigenvalue weighted by Crippen LogP contribution is 2.38. The summed E-state index contributed by atoms with van der Waals surface area (Å²) in [5.74, 6) is -1.69. The quantitative estimate of drug-likeness (QED) is 0.842. The van der Waals surface area contributed by atoms with Crippen molar-refractivity contribution in [2.24, 2.45) is 0 Å². The van der Waals surface area contributed by atoms with Gasteiger partial charge in [-0.2, -0.15) is 0 Å². The Balaban J connectivity index is 2.10. The van der Waals surface area contributed by atoms with Crippen molar-refractivity contribution in [3.05, 3.63) is 77.4 Å². The first kappa shape index (κ1) is 15.6. The smallest absolute Gasteiger partial charge is 0.178 e. The van der Waals surface area contributed by atoms with E-state index >= 15 is 0 Å². The number of benzene rings is 2. The van der Waals surface area contributed by atoms with Crippen molar-refractivity contribution in [2.45, 2.75) is 11.3 Å². The van der Waals surface area contributed by atoms with E-state index in [1.54, 1.807) is 6.08 Å². The van der Waals surface area contributed by atoms with Crippen LogP contribution in [0.3, 0.4) is 0 Å². The van der Waals surface area contributed by atoms with Gasteiger partial charge in [-0.15, -0.1) is 0 Å². The summed E-state index contributed by atoms with van der Waals surface area (Å²) in [6.07, 6.45) is 5.22. The normalized spacial score (nSPS) is 14.6. The minimum absolute atomic E-state index is 0.0718. The number of hydrogen-bond donors (Lipinski definition) is 0. The standard InChI is InChI=1S/C18H14F2O2S/c1-23(21,22)18-11-16(19)15(10-17(18)20)14-9-5-8-13(14)12-6-3-2-4-7-12/h2-4,6-11H,5H2,1H3. The van der Waals surface area contributed by atoms with Crippen molar-refractivity contribution in [3.63, 3.8) is 0 Å². The van der Waals surface area contributed by atoms with Gasteiger partial charge in [-0.1, -0.05) is 42.5 Å².